The molecule has 1 aromatic rings. The molecule has 0 aromatic heterocycles. The van der Waals surface area contributed by atoms with Crippen LogP contribution < -0.4 is 5.32 Å². The van der Waals surface area contributed by atoms with Gasteiger partial charge in [-0.3, -0.25) is 4.90 Å². The van der Waals surface area contributed by atoms with Gasteiger partial charge in [0.15, 0.2) is 0 Å². The zero-order valence-electron chi connectivity index (χ0n) is 11.4. The summed E-state index contributed by atoms with van der Waals surface area (Å²) in [4.78, 5) is 2.55. The van der Waals surface area contributed by atoms with E-state index < -0.39 is 0 Å². The third kappa shape index (κ3) is 3.39. The summed E-state index contributed by atoms with van der Waals surface area (Å²) in [5.41, 5.74) is 1.08. The molecule has 2 unspecified atom stereocenters. The summed E-state index contributed by atoms with van der Waals surface area (Å²) < 4.78 is 19.6. The van der Waals surface area contributed by atoms with Crippen molar-refractivity contribution in [1.29, 1.82) is 0 Å². The Labute approximate surface area is 127 Å². The fourth-order valence-corrected chi connectivity index (χ4v) is 3.46. The second-order valence-electron chi connectivity index (χ2n) is 5.63. The number of fused-ring (bicyclic) bond motifs is 1. The average Bonchev–Trinajstić information content (AvgIpc) is 2.90. The van der Waals surface area contributed by atoms with Crippen LogP contribution in [0.3, 0.4) is 0 Å². The molecule has 5 heteroatoms. The van der Waals surface area contributed by atoms with Crippen molar-refractivity contribution >= 4 is 15.9 Å². The number of rotatable bonds is 4. The molecule has 110 valence electrons. The van der Waals surface area contributed by atoms with Crippen molar-refractivity contribution in [3.63, 3.8) is 0 Å². The first kappa shape index (κ1) is 14.4. The lowest BCUT2D eigenvalue weighted by Gasteiger charge is -2.35. The Balaban J connectivity index is 1.44. The van der Waals surface area contributed by atoms with Gasteiger partial charge < -0.3 is 10.1 Å². The van der Waals surface area contributed by atoms with E-state index in [4.69, 9.17) is 4.74 Å². The lowest BCUT2D eigenvalue weighted by Crippen LogP contribution is -2.49. The minimum atomic E-state index is -0.218. The van der Waals surface area contributed by atoms with Gasteiger partial charge in [0.1, 0.15) is 5.82 Å². The van der Waals surface area contributed by atoms with Gasteiger partial charge in [0.05, 0.1) is 17.2 Å². The van der Waals surface area contributed by atoms with E-state index in [-0.39, 0.29) is 11.9 Å². The topological polar surface area (TPSA) is 24.5 Å². The van der Waals surface area contributed by atoms with Gasteiger partial charge in [-0.1, -0.05) is 6.07 Å². The highest BCUT2D eigenvalue weighted by atomic mass is 79.9. The summed E-state index contributed by atoms with van der Waals surface area (Å²) in [7, 11) is 0. The first-order valence-electron chi connectivity index (χ1n) is 7.22. The molecule has 20 heavy (non-hydrogen) atoms. The average molecular weight is 343 g/mol. The predicted octanol–water partition coefficient (Wildman–Crippen LogP) is 2.54. The molecule has 3 rings (SSSR count). The second kappa shape index (κ2) is 6.52. The van der Waals surface area contributed by atoms with Crippen LogP contribution in [0.2, 0.25) is 0 Å². The molecule has 2 fully saturated rings. The van der Waals surface area contributed by atoms with Gasteiger partial charge in [0.2, 0.25) is 0 Å². The molecule has 2 atom stereocenters. The summed E-state index contributed by atoms with van der Waals surface area (Å²) >= 11 is 3.21. The molecule has 1 N–H and O–H groups in total. The van der Waals surface area contributed by atoms with Crippen LogP contribution in [0.25, 0.3) is 0 Å². The van der Waals surface area contributed by atoms with Crippen LogP contribution in [-0.4, -0.2) is 43.3 Å². The molecule has 0 amide bonds. The lowest BCUT2D eigenvalue weighted by atomic mass is 10.2. The zero-order valence-corrected chi connectivity index (χ0v) is 13.0. The number of hydrogen-bond donors (Lipinski definition) is 1. The van der Waals surface area contributed by atoms with Crippen molar-refractivity contribution in [2.75, 3.05) is 26.2 Å². The maximum Gasteiger partial charge on any atom is 0.137 e. The summed E-state index contributed by atoms with van der Waals surface area (Å²) in [6.07, 6.45) is 2.86. The SMILES string of the molecule is Fc1ccc(CNCC2CN3CCCC3CO2)cc1Br. The molecule has 0 radical (unpaired) electrons. The van der Waals surface area contributed by atoms with Gasteiger partial charge in [-0.25, -0.2) is 4.39 Å². The monoisotopic (exact) mass is 342 g/mol. The van der Waals surface area contributed by atoms with E-state index in [0.717, 1.165) is 31.8 Å². The van der Waals surface area contributed by atoms with E-state index in [0.29, 0.717) is 10.5 Å². The van der Waals surface area contributed by atoms with E-state index >= 15 is 0 Å². The van der Waals surface area contributed by atoms with E-state index in [1.165, 1.54) is 25.5 Å². The summed E-state index contributed by atoms with van der Waals surface area (Å²) in [5.74, 6) is -0.218. The van der Waals surface area contributed by atoms with Gasteiger partial charge in [0, 0.05) is 25.7 Å². The largest absolute Gasteiger partial charge is 0.374 e. The third-order valence-corrected chi connectivity index (χ3v) is 4.75. The Kier molecular flexibility index (Phi) is 4.71. The molecular formula is C15H20BrFN2O. The highest BCUT2D eigenvalue weighted by molar-refractivity contribution is 9.10. The Bertz CT molecular complexity index is 471. The molecule has 1 aromatic carbocycles. The van der Waals surface area contributed by atoms with Crippen molar-refractivity contribution in [3.8, 4) is 0 Å². The molecule has 2 aliphatic heterocycles. The molecule has 0 saturated carbocycles. The Hall–Kier alpha value is -0.490. The molecular weight excluding hydrogens is 323 g/mol. The molecule has 2 aliphatic rings. The number of morpholine rings is 1. The van der Waals surface area contributed by atoms with Crippen LogP contribution >= 0.6 is 15.9 Å². The summed E-state index contributed by atoms with van der Waals surface area (Å²) in [6.45, 7) is 4.70. The summed E-state index contributed by atoms with van der Waals surface area (Å²) in [6, 6.07) is 5.78. The zero-order chi connectivity index (χ0) is 13.9. The van der Waals surface area contributed by atoms with Crippen molar-refractivity contribution in [1.82, 2.24) is 10.2 Å². The number of halogens is 2. The predicted molar refractivity (Wildman–Crippen MR) is 80.1 cm³/mol. The normalized spacial score (nSPS) is 26.7. The molecule has 2 heterocycles. The fourth-order valence-electron chi connectivity index (χ4n) is 3.04. The highest BCUT2D eigenvalue weighted by Crippen LogP contribution is 2.22. The second-order valence-corrected chi connectivity index (χ2v) is 6.48. The van der Waals surface area contributed by atoms with Crippen LogP contribution in [0, 0.1) is 5.82 Å². The van der Waals surface area contributed by atoms with Gasteiger partial charge in [-0.05, 0) is 53.0 Å². The number of nitrogens with one attached hydrogen (secondary N) is 1. The van der Waals surface area contributed by atoms with Crippen LogP contribution in [-0.2, 0) is 11.3 Å². The Morgan fingerprint density at radius 2 is 2.35 bits per heavy atom. The first-order valence-corrected chi connectivity index (χ1v) is 8.02. The number of ether oxygens (including phenoxy) is 1. The van der Waals surface area contributed by atoms with Gasteiger partial charge in [-0.15, -0.1) is 0 Å². The van der Waals surface area contributed by atoms with Crippen molar-refractivity contribution in [2.24, 2.45) is 0 Å². The van der Waals surface area contributed by atoms with Gasteiger partial charge in [-0.2, -0.15) is 0 Å². The van der Waals surface area contributed by atoms with E-state index in [1.807, 2.05) is 12.1 Å². The van der Waals surface area contributed by atoms with Gasteiger partial charge >= 0.3 is 0 Å². The van der Waals surface area contributed by atoms with Crippen molar-refractivity contribution in [3.05, 3.63) is 34.1 Å². The van der Waals surface area contributed by atoms with E-state index in [1.54, 1.807) is 0 Å². The molecule has 0 bridgehead atoms. The molecule has 0 spiro atoms. The van der Waals surface area contributed by atoms with E-state index in [9.17, 15) is 4.39 Å². The summed E-state index contributed by atoms with van der Waals surface area (Å²) in [5, 5.41) is 3.40. The van der Waals surface area contributed by atoms with Crippen LogP contribution in [0.5, 0.6) is 0 Å². The van der Waals surface area contributed by atoms with Crippen LogP contribution in [0.1, 0.15) is 18.4 Å². The number of benzene rings is 1. The van der Waals surface area contributed by atoms with Crippen LogP contribution in [0.4, 0.5) is 4.39 Å². The quantitative estimate of drug-likeness (QED) is 0.909. The van der Waals surface area contributed by atoms with Crippen molar-refractivity contribution in [2.45, 2.75) is 31.5 Å². The minimum absolute atomic E-state index is 0.218. The highest BCUT2D eigenvalue weighted by Gasteiger charge is 2.31. The Morgan fingerprint density at radius 3 is 3.20 bits per heavy atom. The molecule has 0 aliphatic carbocycles. The maximum absolute atomic E-state index is 13.1. The number of nitrogens with zero attached hydrogens (tertiary/aromatic N) is 1. The number of hydrogen-bond acceptors (Lipinski definition) is 3. The third-order valence-electron chi connectivity index (χ3n) is 4.15. The van der Waals surface area contributed by atoms with E-state index in [2.05, 4.69) is 26.1 Å². The molecule has 3 nitrogen and oxygen atoms in total. The minimum Gasteiger partial charge on any atom is -0.374 e. The maximum atomic E-state index is 13.1. The first-order chi connectivity index (χ1) is 9.72. The van der Waals surface area contributed by atoms with Gasteiger partial charge in [0.25, 0.3) is 0 Å². The van der Waals surface area contributed by atoms with Crippen molar-refractivity contribution < 1.29 is 9.13 Å². The fraction of sp³-hybridized carbons (Fsp3) is 0.600. The molecule has 2 saturated heterocycles. The van der Waals surface area contributed by atoms with Crippen LogP contribution in [0.15, 0.2) is 22.7 Å². The Morgan fingerprint density at radius 1 is 1.45 bits per heavy atom. The smallest absolute Gasteiger partial charge is 0.137 e. The standard InChI is InChI=1S/C15H20BrFN2O/c16-14-6-11(3-4-15(14)17)7-18-8-13-9-19-5-1-2-12(19)10-20-13/h3-4,6,12-13,18H,1-2,5,7-10H2. The lowest BCUT2D eigenvalue weighted by molar-refractivity contribution is -0.0470.